The van der Waals surface area contributed by atoms with Crippen molar-refractivity contribution in [2.45, 2.75) is 64.2 Å². The topological polar surface area (TPSA) is 64.1 Å². The summed E-state index contributed by atoms with van der Waals surface area (Å²) in [6.07, 6.45) is 23.2. The molecular formula is C19H36LiN3. The number of nitrogens with two attached hydrogens (primary N) is 2. The van der Waals surface area contributed by atoms with E-state index in [1.165, 1.54) is 63.5 Å². The van der Waals surface area contributed by atoms with Crippen LogP contribution in [-0.2, 0) is 0 Å². The minimum atomic E-state index is 0. The van der Waals surface area contributed by atoms with Crippen LogP contribution in [0.5, 0.6) is 0 Å². The molecule has 1 heterocycles. The Morgan fingerprint density at radius 3 is 2.04 bits per heavy atom. The molecule has 1 aliphatic rings. The summed E-state index contributed by atoms with van der Waals surface area (Å²) in [5.41, 5.74) is 12.5. The van der Waals surface area contributed by atoms with Crippen LogP contribution in [0.2, 0.25) is 0 Å². The van der Waals surface area contributed by atoms with Gasteiger partial charge in [0.25, 0.3) is 0 Å². The fourth-order valence-corrected chi connectivity index (χ4v) is 2.96. The van der Waals surface area contributed by atoms with Gasteiger partial charge >= 0.3 is 18.9 Å². The fourth-order valence-electron chi connectivity index (χ4n) is 2.96. The monoisotopic (exact) mass is 313 g/mol. The third-order valence-corrected chi connectivity index (χ3v) is 4.30. The first kappa shape index (κ1) is 22.5. The Bertz CT molecular complexity index is 357. The van der Waals surface area contributed by atoms with Crippen LogP contribution in [0.1, 0.15) is 65.6 Å². The van der Waals surface area contributed by atoms with E-state index in [0.29, 0.717) is 5.92 Å². The molecule has 5 N–H and O–H groups in total. The predicted molar refractivity (Wildman–Crippen MR) is 98.4 cm³/mol. The van der Waals surface area contributed by atoms with Crippen molar-refractivity contribution in [3.8, 4) is 0 Å². The van der Waals surface area contributed by atoms with Crippen LogP contribution < -0.4 is 35.6 Å². The first-order valence-electron chi connectivity index (χ1n) is 9.08. The molecule has 0 amide bonds. The molecule has 1 atom stereocenters. The molecule has 0 aromatic carbocycles. The molecule has 0 saturated carbocycles. The molecule has 0 aliphatic carbocycles. The molecule has 1 aliphatic heterocycles. The molecule has 0 aromatic rings. The Morgan fingerprint density at radius 2 is 1.35 bits per heavy atom. The van der Waals surface area contributed by atoms with Crippen LogP contribution in [0, 0.1) is 5.92 Å². The maximum Gasteiger partial charge on any atom is 1.00 e. The summed E-state index contributed by atoms with van der Waals surface area (Å²) in [5.74, 6) is 0.642. The summed E-state index contributed by atoms with van der Waals surface area (Å²) in [4.78, 5) is 0. The van der Waals surface area contributed by atoms with Crippen LogP contribution in [-0.4, -0.2) is 13.1 Å². The summed E-state index contributed by atoms with van der Waals surface area (Å²) in [6.45, 7) is 1.64. The molecule has 128 valence electrons. The number of rotatable bonds is 13. The smallest absolute Gasteiger partial charge is 1.00 e. The van der Waals surface area contributed by atoms with Gasteiger partial charge in [0.05, 0.1) is 0 Å². The van der Waals surface area contributed by atoms with Crippen molar-refractivity contribution in [2.75, 3.05) is 13.1 Å². The van der Waals surface area contributed by atoms with Gasteiger partial charge in [0.1, 0.15) is 0 Å². The van der Waals surface area contributed by atoms with E-state index < -0.39 is 0 Å². The van der Waals surface area contributed by atoms with Gasteiger partial charge in [-0.05, 0) is 56.8 Å². The van der Waals surface area contributed by atoms with E-state index in [1.54, 1.807) is 0 Å². The second-order valence-corrected chi connectivity index (χ2v) is 6.19. The Labute approximate surface area is 156 Å². The van der Waals surface area contributed by atoms with Gasteiger partial charge in [0, 0.05) is 11.9 Å². The number of hydrogen-bond acceptors (Lipinski definition) is 3. The van der Waals surface area contributed by atoms with Crippen molar-refractivity contribution in [1.29, 1.82) is 0 Å². The van der Waals surface area contributed by atoms with Gasteiger partial charge in [-0.15, -0.1) is 0 Å². The Kier molecular flexibility index (Phi) is 16.1. The molecule has 23 heavy (non-hydrogen) atoms. The third kappa shape index (κ3) is 11.7. The van der Waals surface area contributed by atoms with Crippen LogP contribution >= 0.6 is 0 Å². The molecule has 0 radical (unpaired) electrons. The quantitative estimate of drug-likeness (QED) is 0.352. The average molecular weight is 313 g/mol. The van der Waals surface area contributed by atoms with Crippen LogP contribution in [0.4, 0.5) is 0 Å². The summed E-state index contributed by atoms with van der Waals surface area (Å²) < 4.78 is 0. The molecule has 4 heteroatoms. The SMILES string of the molecule is NCCCCCCCCC(CCCCN)C1=CC=CC=CN1.[H-].[Li+]. The zero-order valence-electron chi connectivity index (χ0n) is 16.1. The van der Waals surface area contributed by atoms with Crippen molar-refractivity contribution in [2.24, 2.45) is 17.4 Å². The number of unbranched alkanes of at least 4 members (excludes halogenated alkanes) is 6. The van der Waals surface area contributed by atoms with E-state index in [9.17, 15) is 0 Å². The number of nitrogens with one attached hydrogen (secondary N) is 1. The molecule has 1 unspecified atom stereocenters. The Hall–Kier alpha value is -0.463. The van der Waals surface area contributed by atoms with Gasteiger partial charge in [0.2, 0.25) is 0 Å². The second-order valence-electron chi connectivity index (χ2n) is 6.19. The van der Waals surface area contributed by atoms with Gasteiger partial charge in [-0.25, -0.2) is 0 Å². The first-order valence-corrected chi connectivity index (χ1v) is 9.08. The molecule has 1 rings (SSSR count). The number of hydrogen-bond donors (Lipinski definition) is 3. The molecular weight excluding hydrogens is 277 g/mol. The van der Waals surface area contributed by atoms with Crippen LogP contribution in [0.25, 0.3) is 0 Å². The Balaban J connectivity index is 0. The standard InChI is InChI=1S/C19H35N3.Li.H/c20-15-9-4-2-1-3-6-12-18(13-8-10-16-21)19-14-7-5-11-17-22-19;;/h5,7,11,14,17-18,22H,1-4,6,8-10,12-13,15-16,20-21H2;;/q;+1;-1. The van der Waals surface area contributed by atoms with Crippen molar-refractivity contribution >= 4 is 0 Å². The van der Waals surface area contributed by atoms with E-state index in [0.717, 1.165) is 19.5 Å². The largest absolute Gasteiger partial charge is 1.00 e. The van der Waals surface area contributed by atoms with E-state index >= 15 is 0 Å². The van der Waals surface area contributed by atoms with E-state index in [2.05, 4.69) is 29.6 Å². The predicted octanol–water partition coefficient (Wildman–Crippen LogP) is 1.09. The van der Waals surface area contributed by atoms with Gasteiger partial charge in [-0.2, -0.15) is 0 Å². The molecule has 0 fully saturated rings. The van der Waals surface area contributed by atoms with Crippen molar-refractivity contribution in [1.82, 2.24) is 5.32 Å². The van der Waals surface area contributed by atoms with Crippen LogP contribution in [0.15, 0.2) is 36.2 Å². The summed E-state index contributed by atoms with van der Waals surface area (Å²) >= 11 is 0. The van der Waals surface area contributed by atoms with E-state index in [4.69, 9.17) is 11.5 Å². The normalized spacial score (nSPS) is 14.6. The van der Waals surface area contributed by atoms with Gasteiger partial charge < -0.3 is 18.2 Å². The summed E-state index contributed by atoms with van der Waals surface area (Å²) in [6, 6.07) is 0. The van der Waals surface area contributed by atoms with E-state index in [1.807, 2.05) is 6.20 Å². The molecule has 3 nitrogen and oxygen atoms in total. The average Bonchev–Trinajstić information content (AvgIpc) is 2.81. The van der Waals surface area contributed by atoms with Gasteiger partial charge in [-0.3, -0.25) is 0 Å². The molecule has 0 saturated heterocycles. The van der Waals surface area contributed by atoms with Gasteiger partial charge in [0.15, 0.2) is 0 Å². The van der Waals surface area contributed by atoms with Gasteiger partial charge in [-0.1, -0.05) is 50.7 Å². The maximum atomic E-state index is 5.64. The summed E-state index contributed by atoms with van der Waals surface area (Å²) in [7, 11) is 0. The minimum Gasteiger partial charge on any atom is -1.00 e. The van der Waals surface area contributed by atoms with Crippen molar-refractivity contribution < 1.29 is 20.3 Å². The van der Waals surface area contributed by atoms with Crippen molar-refractivity contribution in [3.05, 3.63) is 36.2 Å². The zero-order valence-corrected chi connectivity index (χ0v) is 15.1. The molecule has 0 bridgehead atoms. The third-order valence-electron chi connectivity index (χ3n) is 4.30. The fraction of sp³-hybridized carbons (Fsp3) is 0.684. The zero-order chi connectivity index (χ0) is 15.9. The maximum absolute atomic E-state index is 5.64. The van der Waals surface area contributed by atoms with Crippen molar-refractivity contribution in [3.63, 3.8) is 0 Å². The second kappa shape index (κ2) is 16.4. The van der Waals surface area contributed by atoms with Crippen LogP contribution in [0.3, 0.4) is 0 Å². The molecule has 0 spiro atoms. The Morgan fingerprint density at radius 1 is 0.783 bits per heavy atom. The minimum absolute atomic E-state index is 0. The van der Waals surface area contributed by atoms with E-state index in [-0.39, 0.29) is 20.3 Å². The molecule has 0 aromatic heterocycles. The number of allylic oxidation sites excluding steroid dienone is 5. The summed E-state index contributed by atoms with van der Waals surface area (Å²) in [5, 5.41) is 3.45. The first-order chi connectivity index (χ1) is 10.9.